The summed E-state index contributed by atoms with van der Waals surface area (Å²) in [6, 6.07) is 10.7. The molecule has 21 heavy (non-hydrogen) atoms. The number of nitrogens with one attached hydrogen (secondary N) is 1. The monoisotopic (exact) mass is 321 g/mol. The molecule has 0 aliphatic carbocycles. The Kier molecular flexibility index (Phi) is 5.32. The van der Waals surface area contributed by atoms with E-state index < -0.39 is 0 Å². The van der Waals surface area contributed by atoms with Gasteiger partial charge in [-0.15, -0.1) is 0 Å². The van der Waals surface area contributed by atoms with Crippen molar-refractivity contribution >= 4 is 23.2 Å². The fourth-order valence-electron chi connectivity index (χ4n) is 2.20. The van der Waals surface area contributed by atoms with Crippen LogP contribution < -0.4 is 5.32 Å². The van der Waals surface area contributed by atoms with Gasteiger partial charge in [0.25, 0.3) is 0 Å². The van der Waals surface area contributed by atoms with Crippen LogP contribution in [-0.4, -0.2) is 6.04 Å². The van der Waals surface area contributed by atoms with E-state index in [-0.39, 0.29) is 0 Å². The molecule has 0 saturated heterocycles. The summed E-state index contributed by atoms with van der Waals surface area (Å²) >= 11 is 12.8. The first-order valence-electron chi connectivity index (χ1n) is 7.17. The van der Waals surface area contributed by atoms with E-state index in [9.17, 15) is 0 Å². The van der Waals surface area contributed by atoms with Gasteiger partial charge in [0.2, 0.25) is 0 Å². The third-order valence-corrected chi connectivity index (χ3v) is 4.25. The van der Waals surface area contributed by atoms with E-state index in [1.807, 2.05) is 12.1 Å². The minimum absolute atomic E-state index is 0.456. The summed E-state index contributed by atoms with van der Waals surface area (Å²) in [7, 11) is 0. The molecule has 1 N–H and O–H groups in total. The highest BCUT2D eigenvalue weighted by Crippen LogP contribution is 2.35. The lowest BCUT2D eigenvalue weighted by molar-refractivity contribution is 0.589. The van der Waals surface area contributed by atoms with Crippen LogP contribution in [0.25, 0.3) is 11.1 Å². The van der Waals surface area contributed by atoms with Crippen LogP contribution >= 0.6 is 23.2 Å². The van der Waals surface area contributed by atoms with Crippen LogP contribution in [0.2, 0.25) is 10.0 Å². The van der Waals surface area contributed by atoms with Crippen molar-refractivity contribution in [3.63, 3.8) is 0 Å². The number of aryl methyl sites for hydroxylation is 2. The van der Waals surface area contributed by atoms with Crippen molar-refractivity contribution in [2.75, 3.05) is 0 Å². The summed E-state index contributed by atoms with van der Waals surface area (Å²) < 4.78 is 0. The van der Waals surface area contributed by atoms with E-state index in [4.69, 9.17) is 23.2 Å². The first-order valence-corrected chi connectivity index (χ1v) is 7.93. The first-order chi connectivity index (χ1) is 9.88. The van der Waals surface area contributed by atoms with Crippen molar-refractivity contribution in [3.8, 4) is 11.1 Å². The van der Waals surface area contributed by atoms with Crippen molar-refractivity contribution in [3.05, 3.63) is 57.1 Å². The van der Waals surface area contributed by atoms with Gasteiger partial charge >= 0.3 is 0 Å². The summed E-state index contributed by atoms with van der Waals surface area (Å²) in [5, 5.41) is 4.87. The van der Waals surface area contributed by atoms with Crippen LogP contribution in [0.3, 0.4) is 0 Å². The fourth-order valence-corrected chi connectivity index (χ4v) is 2.82. The Bertz CT molecular complexity index is 648. The molecule has 2 aromatic carbocycles. The van der Waals surface area contributed by atoms with Crippen molar-refractivity contribution in [2.45, 2.75) is 40.3 Å². The van der Waals surface area contributed by atoms with Gasteiger partial charge in [-0.1, -0.05) is 49.2 Å². The highest BCUT2D eigenvalue weighted by Gasteiger charge is 2.10. The van der Waals surface area contributed by atoms with Crippen LogP contribution in [0.15, 0.2) is 30.3 Å². The standard InChI is InChI=1S/C18H21Cl2N/c1-11(2)21-10-14-5-6-15(18(20)9-14)16-7-12(3)13(4)8-17(16)19/h5-9,11,21H,10H2,1-4H3. The summed E-state index contributed by atoms with van der Waals surface area (Å²) in [5.74, 6) is 0. The van der Waals surface area contributed by atoms with Gasteiger partial charge in [0.15, 0.2) is 0 Å². The summed E-state index contributed by atoms with van der Waals surface area (Å²) in [6.45, 7) is 9.23. The summed E-state index contributed by atoms with van der Waals surface area (Å²) in [6.07, 6.45) is 0. The van der Waals surface area contributed by atoms with E-state index in [2.05, 4.69) is 51.2 Å². The molecule has 112 valence electrons. The van der Waals surface area contributed by atoms with E-state index in [1.54, 1.807) is 0 Å². The van der Waals surface area contributed by atoms with Gasteiger partial charge in [-0.25, -0.2) is 0 Å². The molecule has 0 amide bonds. The molecule has 0 saturated carbocycles. The van der Waals surface area contributed by atoms with Gasteiger partial charge in [0, 0.05) is 33.8 Å². The SMILES string of the molecule is Cc1cc(Cl)c(-c2ccc(CNC(C)C)cc2Cl)cc1C. The highest BCUT2D eigenvalue weighted by molar-refractivity contribution is 6.36. The van der Waals surface area contributed by atoms with Crippen molar-refractivity contribution in [1.82, 2.24) is 5.32 Å². The second kappa shape index (κ2) is 6.83. The van der Waals surface area contributed by atoms with Crippen LogP contribution in [0.4, 0.5) is 0 Å². The third kappa shape index (κ3) is 4.00. The average molecular weight is 322 g/mol. The predicted octanol–water partition coefficient (Wildman–Crippen LogP) is 5.78. The molecule has 1 nitrogen and oxygen atoms in total. The molecule has 0 aliphatic heterocycles. The normalized spacial score (nSPS) is 11.2. The molecular weight excluding hydrogens is 301 g/mol. The molecule has 2 aromatic rings. The quantitative estimate of drug-likeness (QED) is 0.753. The van der Waals surface area contributed by atoms with Crippen LogP contribution in [-0.2, 0) is 6.54 Å². The van der Waals surface area contributed by atoms with Crippen molar-refractivity contribution in [2.24, 2.45) is 0 Å². The molecule has 0 fully saturated rings. The number of hydrogen-bond acceptors (Lipinski definition) is 1. The smallest absolute Gasteiger partial charge is 0.0488 e. The van der Waals surface area contributed by atoms with Gasteiger partial charge in [-0.05, 0) is 48.7 Å². The highest BCUT2D eigenvalue weighted by atomic mass is 35.5. The van der Waals surface area contributed by atoms with E-state index in [0.717, 1.165) is 27.7 Å². The van der Waals surface area contributed by atoms with Crippen LogP contribution in [0.1, 0.15) is 30.5 Å². The average Bonchev–Trinajstić information content (AvgIpc) is 2.41. The molecule has 0 bridgehead atoms. The number of halogens is 2. The topological polar surface area (TPSA) is 12.0 Å². The van der Waals surface area contributed by atoms with Gasteiger partial charge < -0.3 is 5.32 Å². The predicted molar refractivity (Wildman–Crippen MR) is 93.3 cm³/mol. The zero-order valence-electron chi connectivity index (χ0n) is 12.9. The maximum Gasteiger partial charge on any atom is 0.0488 e. The van der Waals surface area contributed by atoms with E-state index >= 15 is 0 Å². The fraction of sp³-hybridized carbons (Fsp3) is 0.333. The molecule has 2 rings (SSSR count). The lowest BCUT2D eigenvalue weighted by Crippen LogP contribution is -2.21. The lowest BCUT2D eigenvalue weighted by Gasteiger charge is -2.13. The molecule has 0 unspecified atom stereocenters. The molecule has 0 aromatic heterocycles. The van der Waals surface area contributed by atoms with Crippen molar-refractivity contribution < 1.29 is 0 Å². The largest absolute Gasteiger partial charge is 0.310 e. The number of benzene rings is 2. The van der Waals surface area contributed by atoms with Gasteiger partial charge in [-0.2, -0.15) is 0 Å². The van der Waals surface area contributed by atoms with Gasteiger partial charge in [0.05, 0.1) is 0 Å². The maximum atomic E-state index is 6.46. The molecule has 0 heterocycles. The zero-order valence-corrected chi connectivity index (χ0v) is 14.4. The second-order valence-electron chi connectivity index (χ2n) is 5.77. The Morgan fingerprint density at radius 2 is 1.52 bits per heavy atom. The van der Waals surface area contributed by atoms with Crippen LogP contribution in [0.5, 0.6) is 0 Å². The lowest BCUT2D eigenvalue weighted by atomic mass is 9.99. The van der Waals surface area contributed by atoms with Gasteiger partial charge in [-0.3, -0.25) is 0 Å². The minimum atomic E-state index is 0.456. The third-order valence-electron chi connectivity index (χ3n) is 3.62. The Labute approximate surface area is 137 Å². The van der Waals surface area contributed by atoms with E-state index in [0.29, 0.717) is 6.04 Å². The van der Waals surface area contributed by atoms with Crippen LogP contribution in [0, 0.1) is 13.8 Å². The maximum absolute atomic E-state index is 6.46. The molecule has 0 aliphatic rings. The zero-order chi connectivity index (χ0) is 15.6. The molecular formula is C18H21Cl2N. The molecule has 0 radical (unpaired) electrons. The van der Waals surface area contributed by atoms with Crippen molar-refractivity contribution in [1.29, 1.82) is 0 Å². The summed E-state index contributed by atoms with van der Waals surface area (Å²) in [4.78, 5) is 0. The minimum Gasteiger partial charge on any atom is -0.310 e. The molecule has 3 heteroatoms. The van der Waals surface area contributed by atoms with Gasteiger partial charge in [0.1, 0.15) is 0 Å². The second-order valence-corrected chi connectivity index (χ2v) is 6.58. The molecule has 0 atom stereocenters. The van der Waals surface area contributed by atoms with E-state index in [1.165, 1.54) is 16.7 Å². The summed E-state index contributed by atoms with van der Waals surface area (Å²) in [5.41, 5.74) is 5.57. The first kappa shape index (κ1) is 16.4. The number of rotatable bonds is 4. The number of hydrogen-bond donors (Lipinski definition) is 1. The molecule has 0 spiro atoms. The Balaban J connectivity index is 2.35. The Morgan fingerprint density at radius 3 is 2.14 bits per heavy atom. The Morgan fingerprint density at radius 1 is 0.905 bits per heavy atom. The Hall–Kier alpha value is -1.02.